The lowest BCUT2D eigenvalue weighted by Gasteiger charge is -2.12. The van der Waals surface area contributed by atoms with Crippen molar-refractivity contribution in [1.82, 2.24) is 16.0 Å². The molecule has 0 radical (unpaired) electrons. The van der Waals surface area contributed by atoms with Gasteiger partial charge in [-0.3, -0.25) is 9.79 Å². The van der Waals surface area contributed by atoms with Crippen molar-refractivity contribution in [2.24, 2.45) is 10.9 Å². The first kappa shape index (κ1) is 20.7. The Kier molecular flexibility index (Phi) is 12.6. The summed E-state index contributed by atoms with van der Waals surface area (Å²) in [5.74, 6) is 1.66. The minimum absolute atomic E-state index is 0.0723. The van der Waals surface area contributed by atoms with E-state index in [1.165, 1.54) is 25.7 Å². The number of nitrogens with zero attached hydrogens (tertiary/aromatic N) is 1. The summed E-state index contributed by atoms with van der Waals surface area (Å²) in [7, 11) is 1.76. The molecule has 0 saturated heterocycles. The van der Waals surface area contributed by atoms with E-state index in [-0.39, 0.29) is 11.9 Å². The SMILES string of the molecule is CN=C(NCCCCCCC(C)C)NCCC(=O)NC(C)C. The molecule has 5 heteroatoms. The van der Waals surface area contributed by atoms with Crippen molar-refractivity contribution < 1.29 is 4.79 Å². The van der Waals surface area contributed by atoms with E-state index in [0.29, 0.717) is 13.0 Å². The van der Waals surface area contributed by atoms with Crippen molar-refractivity contribution >= 4 is 11.9 Å². The van der Waals surface area contributed by atoms with Crippen LogP contribution >= 0.6 is 0 Å². The average molecular weight is 313 g/mol. The van der Waals surface area contributed by atoms with Crippen LogP contribution in [0.15, 0.2) is 4.99 Å². The lowest BCUT2D eigenvalue weighted by molar-refractivity contribution is -0.121. The van der Waals surface area contributed by atoms with Crippen molar-refractivity contribution in [3.63, 3.8) is 0 Å². The van der Waals surface area contributed by atoms with Crippen molar-refractivity contribution in [3.8, 4) is 0 Å². The first-order valence-corrected chi connectivity index (χ1v) is 8.69. The second kappa shape index (κ2) is 13.4. The standard InChI is InChI=1S/C17H36N4O/c1-14(2)10-8-6-7-9-12-19-17(18-5)20-13-11-16(22)21-15(3)4/h14-15H,6-13H2,1-5H3,(H,21,22)(H2,18,19,20). The van der Waals surface area contributed by atoms with Gasteiger partial charge in [0.1, 0.15) is 0 Å². The van der Waals surface area contributed by atoms with Crippen LogP contribution < -0.4 is 16.0 Å². The number of nitrogens with one attached hydrogen (secondary N) is 3. The molecule has 1 amide bonds. The van der Waals surface area contributed by atoms with Crippen molar-refractivity contribution in [2.75, 3.05) is 20.1 Å². The van der Waals surface area contributed by atoms with E-state index in [9.17, 15) is 4.79 Å². The summed E-state index contributed by atoms with van der Waals surface area (Å²) in [6.45, 7) is 10.0. The number of carbonyl (C=O) groups is 1. The molecule has 22 heavy (non-hydrogen) atoms. The highest BCUT2D eigenvalue weighted by Gasteiger charge is 2.03. The highest BCUT2D eigenvalue weighted by Crippen LogP contribution is 2.08. The van der Waals surface area contributed by atoms with Gasteiger partial charge in [0, 0.05) is 32.6 Å². The van der Waals surface area contributed by atoms with Gasteiger partial charge in [-0.05, 0) is 26.2 Å². The van der Waals surface area contributed by atoms with Crippen molar-refractivity contribution in [3.05, 3.63) is 0 Å². The first-order chi connectivity index (χ1) is 10.5. The molecule has 130 valence electrons. The van der Waals surface area contributed by atoms with Crippen LogP contribution in [0.2, 0.25) is 0 Å². The maximum absolute atomic E-state index is 11.5. The van der Waals surface area contributed by atoms with Crippen LogP contribution in [0.5, 0.6) is 0 Å². The lowest BCUT2D eigenvalue weighted by Crippen LogP contribution is -2.40. The molecule has 5 nitrogen and oxygen atoms in total. The van der Waals surface area contributed by atoms with Gasteiger partial charge in [0.05, 0.1) is 0 Å². The monoisotopic (exact) mass is 312 g/mol. The summed E-state index contributed by atoms with van der Waals surface area (Å²) in [5, 5.41) is 9.33. The third kappa shape index (κ3) is 13.7. The Morgan fingerprint density at radius 1 is 0.955 bits per heavy atom. The number of hydrogen-bond acceptors (Lipinski definition) is 2. The summed E-state index contributed by atoms with van der Waals surface area (Å²) in [5.41, 5.74) is 0. The molecule has 0 fully saturated rings. The Morgan fingerprint density at radius 3 is 2.18 bits per heavy atom. The summed E-state index contributed by atoms with van der Waals surface area (Å²) in [6, 6.07) is 0.195. The highest BCUT2D eigenvalue weighted by atomic mass is 16.1. The van der Waals surface area contributed by atoms with Gasteiger partial charge >= 0.3 is 0 Å². The molecule has 0 rings (SSSR count). The number of guanidine groups is 1. The zero-order chi connectivity index (χ0) is 16.8. The van der Waals surface area contributed by atoms with Gasteiger partial charge in [0.2, 0.25) is 5.91 Å². The van der Waals surface area contributed by atoms with Gasteiger partial charge in [-0.15, -0.1) is 0 Å². The Hall–Kier alpha value is -1.26. The normalized spacial score (nSPS) is 11.9. The van der Waals surface area contributed by atoms with Gasteiger partial charge in [0.25, 0.3) is 0 Å². The Morgan fingerprint density at radius 2 is 1.59 bits per heavy atom. The maximum atomic E-state index is 11.5. The van der Waals surface area contributed by atoms with Gasteiger partial charge < -0.3 is 16.0 Å². The molecule has 0 aliphatic heterocycles. The molecule has 0 aromatic heterocycles. The molecule has 0 aliphatic carbocycles. The number of rotatable bonds is 11. The van der Waals surface area contributed by atoms with Crippen LogP contribution in [-0.4, -0.2) is 38.0 Å². The van der Waals surface area contributed by atoms with E-state index < -0.39 is 0 Å². The van der Waals surface area contributed by atoms with E-state index in [0.717, 1.165) is 24.8 Å². The number of carbonyl (C=O) groups excluding carboxylic acids is 1. The zero-order valence-electron chi connectivity index (χ0n) is 15.2. The molecule has 0 saturated carbocycles. The summed E-state index contributed by atoms with van der Waals surface area (Å²) in [6.07, 6.45) is 6.85. The maximum Gasteiger partial charge on any atom is 0.221 e. The molecule has 3 N–H and O–H groups in total. The molecule has 0 heterocycles. The van der Waals surface area contributed by atoms with E-state index in [2.05, 4.69) is 34.8 Å². The Bertz CT molecular complexity index is 314. The van der Waals surface area contributed by atoms with Crippen molar-refractivity contribution in [2.45, 2.75) is 72.3 Å². The van der Waals surface area contributed by atoms with Gasteiger partial charge in [-0.25, -0.2) is 0 Å². The molecular weight excluding hydrogens is 276 g/mol. The lowest BCUT2D eigenvalue weighted by atomic mass is 10.0. The Labute approximate surface area is 136 Å². The molecule has 0 aromatic carbocycles. The first-order valence-electron chi connectivity index (χ1n) is 8.69. The number of aliphatic imine (C=N–C) groups is 1. The zero-order valence-corrected chi connectivity index (χ0v) is 15.2. The smallest absolute Gasteiger partial charge is 0.221 e. The van der Waals surface area contributed by atoms with E-state index in [1.54, 1.807) is 7.05 Å². The molecule has 0 spiro atoms. The van der Waals surface area contributed by atoms with E-state index in [4.69, 9.17) is 0 Å². The minimum atomic E-state index is 0.0723. The van der Waals surface area contributed by atoms with Gasteiger partial charge in [0.15, 0.2) is 5.96 Å². The number of hydrogen-bond donors (Lipinski definition) is 3. The van der Waals surface area contributed by atoms with Crippen molar-refractivity contribution in [1.29, 1.82) is 0 Å². The second-order valence-corrected chi connectivity index (χ2v) is 6.49. The molecule has 0 atom stereocenters. The minimum Gasteiger partial charge on any atom is -0.356 e. The molecule has 0 bridgehead atoms. The predicted octanol–water partition coefficient (Wildman–Crippen LogP) is 2.67. The van der Waals surface area contributed by atoms with Crippen LogP contribution in [-0.2, 0) is 4.79 Å². The molecule has 0 aliphatic rings. The number of amides is 1. The van der Waals surface area contributed by atoms with Gasteiger partial charge in [-0.1, -0.05) is 39.5 Å². The largest absolute Gasteiger partial charge is 0.356 e. The third-order valence-electron chi connectivity index (χ3n) is 3.32. The van der Waals surface area contributed by atoms with Crippen LogP contribution in [0.4, 0.5) is 0 Å². The summed E-state index contributed by atoms with van der Waals surface area (Å²) < 4.78 is 0. The van der Waals surface area contributed by atoms with Crippen LogP contribution in [0.1, 0.15) is 66.2 Å². The van der Waals surface area contributed by atoms with Crippen LogP contribution in [0, 0.1) is 5.92 Å². The summed E-state index contributed by atoms with van der Waals surface area (Å²) >= 11 is 0. The van der Waals surface area contributed by atoms with E-state index >= 15 is 0 Å². The molecule has 0 unspecified atom stereocenters. The molecular formula is C17H36N4O. The average Bonchev–Trinajstić information content (AvgIpc) is 2.43. The third-order valence-corrected chi connectivity index (χ3v) is 3.32. The number of unbranched alkanes of at least 4 members (excludes halogenated alkanes) is 3. The summed E-state index contributed by atoms with van der Waals surface area (Å²) in [4.78, 5) is 15.7. The van der Waals surface area contributed by atoms with Gasteiger partial charge in [-0.2, -0.15) is 0 Å². The second-order valence-electron chi connectivity index (χ2n) is 6.49. The molecule has 0 aromatic rings. The van der Waals surface area contributed by atoms with Crippen LogP contribution in [0.3, 0.4) is 0 Å². The predicted molar refractivity (Wildman–Crippen MR) is 95.2 cm³/mol. The quantitative estimate of drug-likeness (QED) is 0.312. The highest BCUT2D eigenvalue weighted by molar-refractivity contribution is 5.81. The fourth-order valence-electron chi connectivity index (χ4n) is 2.15. The fourth-order valence-corrected chi connectivity index (χ4v) is 2.15. The topological polar surface area (TPSA) is 65.5 Å². The van der Waals surface area contributed by atoms with E-state index in [1.807, 2.05) is 13.8 Å². The van der Waals surface area contributed by atoms with Crippen LogP contribution in [0.25, 0.3) is 0 Å². The Balaban J connectivity index is 3.58. The fraction of sp³-hybridized carbons (Fsp3) is 0.882.